The van der Waals surface area contributed by atoms with Crippen molar-refractivity contribution in [3.63, 3.8) is 0 Å². The van der Waals surface area contributed by atoms with Gasteiger partial charge in [-0.15, -0.1) is 0 Å². The summed E-state index contributed by atoms with van der Waals surface area (Å²) in [6, 6.07) is 28.9. The topological polar surface area (TPSA) is 92.6 Å². The Morgan fingerprint density at radius 1 is 0.838 bits per heavy atom. The summed E-state index contributed by atoms with van der Waals surface area (Å²) in [5.74, 6) is -0.975. The van der Waals surface area contributed by atoms with E-state index in [1.807, 2.05) is 72.9 Å². The van der Waals surface area contributed by atoms with Crippen LogP contribution in [-0.2, 0) is 20.7 Å². The van der Waals surface area contributed by atoms with E-state index in [-0.39, 0.29) is 18.4 Å². The third kappa shape index (κ3) is 6.94. The Bertz CT molecular complexity index is 1290. The molecule has 0 unspecified atom stereocenters. The van der Waals surface area contributed by atoms with Gasteiger partial charge in [-0.3, -0.25) is 14.8 Å². The Labute approximate surface area is 216 Å². The van der Waals surface area contributed by atoms with Crippen LogP contribution in [0.5, 0.6) is 0 Å². The molecule has 0 aliphatic rings. The van der Waals surface area contributed by atoms with Gasteiger partial charge in [-0.2, -0.15) is 0 Å². The highest BCUT2D eigenvalue weighted by Gasteiger charge is 2.26. The number of nitrogens with zero attached hydrogens (tertiary/aromatic N) is 1. The summed E-state index contributed by atoms with van der Waals surface area (Å²) >= 11 is 0. The quantitative estimate of drug-likeness (QED) is 0.208. The predicted octanol–water partition coefficient (Wildman–Crippen LogP) is 4.63. The molecule has 0 radical (unpaired) electrons. The van der Waals surface area contributed by atoms with Crippen LogP contribution in [0.4, 0.5) is 0 Å². The number of ether oxygens (including phenoxy) is 1. The molecule has 1 heterocycles. The minimum atomic E-state index is -0.848. The first-order valence-electron chi connectivity index (χ1n) is 12.2. The number of methoxy groups -OCH3 is 1. The van der Waals surface area contributed by atoms with E-state index in [9.17, 15) is 9.59 Å². The fourth-order valence-corrected chi connectivity index (χ4v) is 4.37. The molecule has 7 nitrogen and oxygen atoms in total. The zero-order valence-corrected chi connectivity index (χ0v) is 20.7. The summed E-state index contributed by atoms with van der Waals surface area (Å²) in [6.07, 6.45) is 3.99. The Morgan fingerprint density at radius 3 is 2.05 bits per heavy atom. The van der Waals surface area contributed by atoms with E-state index in [4.69, 9.17) is 9.94 Å². The Kier molecular flexibility index (Phi) is 8.86. The van der Waals surface area contributed by atoms with Gasteiger partial charge in [-0.25, -0.2) is 5.48 Å². The molecule has 0 aliphatic heterocycles. The maximum atomic E-state index is 13.4. The van der Waals surface area contributed by atoms with E-state index in [1.54, 1.807) is 23.4 Å². The number of amides is 2. The zero-order valence-electron chi connectivity index (χ0n) is 20.7. The third-order valence-corrected chi connectivity index (χ3v) is 6.24. The van der Waals surface area contributed by atoms with Crippen molar-refractivity contribution in [2.24, 2.45) is 0 Å². The van der Waals surface area contributed by atoms with Crippen LogP contribution in [0.2, 0.25) is 0 Å². The Morgan fingerprint density at radius 2 is 1.43 bits per heavy atom. The molecule has 0 fully saturated rings. The van der Waals surface area contributed by atoms with Gasteiger partial charge in [0.05, 0.1) is 19.1 Å². The molecule has 4 rings (SSSR count). The largest absolute Gasteiger partial charge is 0.383 e. The van der Waals surface area contributed by atoms with Crippen LogP contribution in [0.1, 0.15) is 18.0 Å². The van der Waals surface area contributed by atoms with Crippen LogP contribution in [-0.4, -0.2) is 41.3 Å². The lowest BCUT2D eigenvalue weighted by Crippen LogP contribution is -2.44. The highest BCUT2D eigenvalue weighted by atomic mass is 16.5. The van der Waals surface area contributed by atoms with Gasteiger partial charge in [0.25, 0.3) is 0 Å². The molecule has 3 N–H and O–H groups in total. The molecule has 0 saturated carbocycles. The van der Waals surface area contributed by atoms with Gasteiger partial charge in [-0.05, 0) is 40.3 Å². The number of nitrogens with one attached hydrogen (secondary N) is 2. The number of carbonyl (C=O) groups is 2. The molecule has 0 bridgehead atoms. The Balaban J connectivity index is 1.52. The second kappa shape index (κ2) is 12.7. The van der Waals surface area contributed by atoms with Crippen LogP contribution in [0.15, 0.2) is 103 Å². The van der Waals surface area contributed by atoms with Crippen molar-refractivity contribution >= 4 is 11.8 Å². The molecule has 2 amide bonds. The zero-order chi connectivity index (χ0) is 26.0. The standard InChI is InChI=1S/C30H31N3O4/c1-37-21-27(18-22-8-4-2-5-9-22)31-30(35)28(19-29(34)32-36)33-17-16-26(20-33)25-14-12-24(13-15-25)23-10-6-3-7-11-23/h2-17,20,27-28,36H,18-19,21H2,1H3,(H,31,35)(H,32,34)/t27-,28+/m0/s1. The highest BCUT2D eigenvalue weighted by Crippen LogP contribution is 2.26. The molecule has 3 aromatic carbocycles. The summed E-state index contributed by atoms with van der Waals surface area (Å²) in [4.78, 5) is 25.4. The first-order valence-corrected chi connectivity index (χ1v) is 12.2. The fraction of sp³-hybridized carbons (Fsp3) is 0.200. The van der Waals surface area contributed by atoms with E-state index >= 15 is 0 Å². The van der Waals surface area contributed by atoms with Crippen molar-refractivity contribution in [3.05, 3.63) is 109 Å². The minimum Gasteiger partial charge on any atom is -0.383 e. The average Bonchev–Trinajstić information content (AvgIpc) is 3.43. The smallest absolute Gasteiger partial charge is 0.245 e. The van der Waals surface area contributed by atoms with E-state index in [0.717, 1.165) is 27.8 Å². The number of rotatable bonds is 11. The maximum Gasteiger partial charge on any atom is 0.245 e. The van der Waals surface area contributed by atoms with E-state index < -0.39 is 11.9 Å². The second-order valence-corrected chi connectivity index (χ2v) is 8.90. The van der Waals surface area contributed by atoms with E-state index in [2.05, 4.69) is 29.6 Å². The fourth-order valence-electron chi connectivity index (χ4n) is 4.37. The van der Waals surface area contributed by atoms with Gasteiger partial charge in [0.1, 0.15) is 6.04 Å². The molecule has 0 aliphatic carbocycles. The lowest BCUT2D eigenvalue weighted by molar-refractivity contribution is -0.134. The monoisotopic (exact) mass is 497 g/mol. The van der Waals surface area contributed by atoms with Crippen LogP contribution in [0, 0.1) is 0 Å². The number of aromatic nitrogens is 1. The molecule has 190 valence electrons. The molecule has 0 spiro atoms. The van der Waals surface area contributed by atoms with Crippen LogP contribution in [0.3, 0.4) is 0 Å². The van der Waals surface area contributed by atoms with E-state index in [0.29, 0.717) is 13.0 Å². The number of hydrogen-bond donors (Lipinski definition) is 3. The molecule has 2 atom stereocenters. The van der Waals surface area contributed by atoms with E-state index in [1.165, 1.54) is 0 Å². The lowest BCUT2D eigenvalue weighted by atomic mass is 10.0. The van der Waals surface area contributed by atoms with Crippen molar-refractivity contribution in [2.45, 2.75) is 24.9 Å². The van der Waals surface area contributed by atoms with Gasteiger partial charge < -0.3 is 14.6 Å². The molecule has 0 saturated heterocycles. The van der Waals surface area contributed by atoms with Gasteiger partial charge in [0.2, 0.25) is 11.8 Å². The first-order chi connectivity index (χ1) is 18.1. The molecule has 1 aromatic heterocycles. The number of carbonyl (C=O) groups excluding carboxylic acids is 2. The average molecular weight is 498 g/mol. The third-order valence-electron chi connectivity index (χ3n) is 6.24. The number of hydrogen-bond acceptors (Lipinski definition) is 4. The van der Waals surface area contributed by atoms with Gasteiger partial charge >= 0.3 is 0 Å². The van der Waals surface area contributed by atoms with Crippen molar-refractivity contribution in [2.75, 3.05) is 13.7 Å². The Hall–Kier alpha value is -4.20. The SMILES string of the molecule is COC[C@H](Cc1ccccc1)NC(=O)[C@@H](CC(=O)NO)n1ccc(-c2ccc(-c3ccccc3)cc2)c1. The summed E-state index contributed by atoms with van der Waals surface area (Å²) in [5.41, 5.74) is 6.87. The summed E-state index contributed by atoms with van der Waals surface area (Å²) < 4.78 is 7.03. The summed E-state index contributed by atoms with van der Waals surface area (Å²) in [6.45, 7) is 0.324. The van der Waals surface area contributed by atoms with Crippen molar-refractivity contribution in [1.82, 2.24) is 15.4 Å². The van der Waals surface area contributed by atoms with Crippen LogP contribution in [0.25, 0.3) is 22.3 Å². The van der Waals surface area contributed by atoms with Crippen LogP contribution >= 0.6 is 0 Å². The number of benzene rings is 3. The van der Waals surface area contributed by atoms with Crippen molar-refractivity contribution in [1.29, 1.82) is 0 Å². The first kappa shape index (κ1) is 25.9. The van der Waals surface area contributed by atoms with Crippen molar-refractivity contribution < 1.29 is 19.5 Å². The molecular weight excluding hydrogens is 466 g/mol. The highest BCUT2D eigenvalue weighted by molar-refractivity contribution is 5.87. The summed E-state index contributed by atoms with van der Waals surface area (Å²) in [5, 5.41) is 12.1. The minimum absolute atomic E-state index is 0.214. The second-order valence-electron chi connectivity index (χ2n) is 8.90. The van der Waals surface area contributed by atoms with Gasteiger partial charge in [0.15, 0.2) is 0 Å². The maximum absolute atomic E-state index is 13.4. The predicted molar refractivity (Wildman–Crippen MR) is 143 cm³/mol. The lowest BCUT2D eigenvalue weighted by Gasteiger charge is -2.23. The van der Waals surface area contributed by atoms with Gasteiger partial charge in [-0.1, -0.05) is 84.9 Å². The van der Waals surface area contributed by atoms with Crippen LogP contribution < -0.4 is 10.8 Å². The van der Waals surface area contributed by atoms with Crippen molar-refractivity contribution in [3.8, 4) is 22.3 Å². The molecule has 37 heavy (non-hydrogen) atoms. The molecule has 4 aromatic rings. The number of hydroxylamine groups is 1. The van der Waals surface area contributed by atoms with Gasteiger partial charge in [0, 0.05) is 19.5 Å². The summed E-state index contributed by atoms with van der Waals surface area (Å²) in [7, 11) is 1.59. The molecule has 7 heteroatoms. The molecular formula is C30H31N3O4. The normalized spacial score (nSPS) is 12.5.